The SMILES string of the molecule is Cc1ccc(-n2ccc(=O)n(C)c2=O)nc1. The molecule has 0 aliphatic carbocycles. The lowest BCUT2D eigenvalue weighted by molar-refractivity contribution is 0.720. The van der Waals surface area contributed by atoms with Crippen LogP contribution >= 0.6 is 0 Å². The summed E-state index contributed by atoms with van der Waals surface area (Å²) in [7, 11) is 1.44. The first kappa shape index (κ1) is 10.4. The van der Waals surface area contributed by atoms with E-state index in [9.17, 15) is 9.59 Å². The third kappa shape index (κ3) is 1.67. The van der Waals surface area contributed by atoms with Crippen LogP contribution in [0.2, 0.25) is 0 Å². The molecule has 82 valence electrons. The predicted molar refractivity (Wildman–Crippen MR) is 59.8 cm³/mol. The Morgan fingerprint density at radius 3 is 2.56 bits per heavy atom. The van der Waals surface area contributed by atoms with Gasteiger partial charge in [-0.2, -0.15) is 0 Å². The summed E-state index contributed by atoms with van der Waals surface area (Å²) in [5, 5.41) is 0. The molecule has 16 heavy (non-hydrogen) atoms. The molecule has 2 aromatic heterocycles. The van der Waals surface area contributed by atoms with Crippen LogP contribution in [0.25, 0.3) is 5.82 Å². The largest absolute Gasteiger partial charge is 0.336 e. The summed E-state index contributed by atoms with van der Waals surface area (Å²) in [6, 6.07) is 4.93. The van der Waals surface area contributed by atoms with E-state index in [-0.39, 0.29) is 5.56 Å². The molecular formula is C11H11N3O2. The molecule has 0 unspecified atom stereocenters. The molecule has 0 saturated carbocycles. The lowest BCUT2D eigenvalue weighted by Gasteiger charge is -2.05. The molecule has 5 nitrogen and oxygen atoms in total. The molecule has 0 aliphatic rings. The van der Waals surface area contributed by atoms with Crippen molar-refractivity contribution in [3.8, 4) is 5.82 Å². The van der Waals surface area contributed by atoms with E-state index in [4.69, 9.17) is 0 Å². The van der Waals surface area contributed by atoms with Crippen molar-refractivity contribution in [2.45, 2.75) is 6.92 Å². The van der Waals surface area contributed by atoms with Gasteiger partial charge >= 0.3 is 5.69 Å². The van der Waals surface area contributed by atoms with Gasteiger partial charge in [0.15, 0.2) is 0 Å². The quantitative estimate of drug-likeness (QED) is 0.687. The van der Waals surface area contributed by atoms with E-state index >= 15 is 0 Å². The Hall–Kier alpha value is -2.17. The van der Waals surface area contributed by atoms with Gasteiger partial charge in [0.25, 0.3) is 5.56 Å². The monoisotopic (exact) mass is 217 g/mol. The smallest absolute Gasteiger partial charge is 0.269 e. The van der Waals surface area contributed by atoms with Gasteiger partial charge in [0.2, 0.25) is 0 Å². The average Bonchev–Trinajstić information content (AvgIpc) is 2.28. The normalized spacial score (nSPS) is 10.4. The summed E-state index contributed by atoms with van der Waals surface area (Å²) in [6.45, 7) is 1.92. The molecular weight excluding hydrogens is 206 g/mol. The molecule has 0 bridgehead atoms. The second-order valence-electron chi connectivity index (χ2n) is 3.56. The van der Waals surface area contributed by atoms with Crippen molar-refractivity contribution >= 4 is 0 Å². The molecule has 0 fully saturated rings. The van der Waals surface area contributed by atoms with E-state index in [1.54, 1.807) is 12.3 Å². The van der Waals surface area contributed by atoms with Gasteiger partial charge in [-0.1, -0.05) is 6.07 Å². The fourth-order valence-corrected chi connectivity index (χ4v) is 1.35. The van der Waals surface area contributed by atoms with Gasteiger partial charge in [0.1, 0.15) is 5.82 Å². The highest BCUT2D eigenvalue weighted by molar-refractivity contribution is 5.24. The van der Waals surface area contributed by atoms with Gasteiger partial charge in [-0.25, -0.2) is 9.78 Å². The molecule has 0 aliphatic heterocycles. The Balaban J connectivity index is 2.66. The van der Waals surface area contributed by atoms with E-state index in [0.29, 0.717) is 5.82 Å². The Kier molecular flexibility index (Phi) is 2.44. The van der Waals surface area contributed by atoms with Crippen LogP contribution in [0.15, 0.2) is 40.2 Å². The van der Waals surface area contributed by atoms with E-state index in [2.05, 4.69) is 4.98 Å². The van der Waals surface area contributed by atoms with Crippen LogP contribution in [-0.2, 0) is 7.05 Å². The van der Waals surface area contributed by atoms with Gasteiger partial charge in [-0.3, -0.25) is 13.9 Å². The molecule has 2 heterocycles. The van der Waals surface area contributed by atoms with Crippen LogP contribution in [0.3, 0.4) is 0 Å². The van der Waals surface area contributed by atoms with Crippen LogP contribution in [0.4, 0.5) is 0 Å². The van der Waals surface area contributed by atoms with Gasteiger partial charge in [-0.15, -0.1) is 0 Å². The molecule has 0 N–H and O–H groups in total. The molecule has 0 amide bonds. The van der Waals surface area contributed by atoms with Gasteiger partial charge in [0.05, 0.1) is 0 Å². The number of nitrogens with zero attached hydrogens (tertiary/aromatic N) is 3. The van der Waals surface area contributed by atoms with Crippen molar-refractivity contribution in [2.24, 2.45) is 7.05 Å². The first-order valence-corrected chi connectivity index (χ1v) is 4.81. The predicted octanol–water partition coefficient (Wildman–Crippen LogP) is 0.240. The maximum absolute atomic E-state index is 11.8. The second-order valence-corrected chi connectivity index (χ2v) is 3.56. The zero-order valence-electron chi connectivity index (χ0n) is 9.04. The number of hydrogen-bond acceptors (Lipinski definition) is 3. The maximum Gasteiger partial charge on any atom is 0.336 e. The van der Waals surface area contributed by atoms with Crippen molar-refractivity contribution in [1.29, 1.82) is 0 Å². The minimum Gasteiger partial charge on any atom is -0.269 e. The number of rotatable bonds is 1. The number of pyridine rings is 1. The highest BCUT2D eigenvalue weighted by atomic mass is 16.2. The first-order valence-electron chi connectivity index (χ1n) is 4.81. The molecule has 2 aromatic rings. The summed E-state index contributed by atoms with van der Waals surface area (Å²) < 4.78 is 2.38. The van der Waals surface area contributed by atoms with Crippen molar-refractivity contribution < 1.29 is 0 Å². The third-order valence-electron chi connectivity index (χ3n) is 2.33. The van der Waals surface area contributed by atoms with E-state index in [1.165, 1.54) is 23.9 Å². The lowest BCUT2D eigenvalue weighted by atomic mass is 10.3. The molecule has 0 radical (unpaired) electrons. The molecule has 2 rings (SSSR count). The number of hydrogen-bond donors (Lipinski definition) is 0. The summed E-state index contributed by atoms with van der Waals surface area (Å²) in [4.78, 5) is 27.1. The van der Waals surface area contributed by atoms with Crippen molar-refractivity contribution in [1.82, 2.24) is 14.1 Å². The van der Waals surface area contributed by atoms with Crippen molar-refractivity contribution in [3.63, 3.8) is 0 Å². The van der Waals surface area contributed by atoms with E-state index < -0.39 is 5.69 Å². The van der Waals surface area contributed by atoms with Crippen LogP contribution in [0.5, 0.6) is 0 Å². The zero-order valence-corrected chi connectivity index (χ0v) is 9.04. The Morgan fingerprint density at radius 2 is 1.94 bits per heavy atom. The zero-order chi connectivity index (χ0) is 11.7. The summed E-state index contributed by atoms with van der Waals surface area (Å²) in [5.74, 6) is 0.506. The fraction of sp³-hybridized carbons (Fsp3) is 0.182. The highest BCUT2D eigenvalue weighted by Gasteiger charge is 2.03. The maximum atomic E-state index is 11.8. The molecule has 0 aromatic carbocycles. The Bertz CT molecular complexity index is 623. The minimum absolute atomic E-state index is 0.326. The van der Waals surface area contributed by atoms with Crippen LogP contribution in [-0.4, -0.2) is 14.1 Å². The fourth-order valence-electron chi connectivity index (χ4n) is 1.35. The van der Waals surface area contributed by atoms with E-state index in [0.717, 1.165) is 10.1 Å². The average molecular weight is 217 g/mol. The van der Waals surface area contributed by atoms with Gasteiger partial charge < -0.3 is 0 Å². The number of aromatic nitrogens is 3. The third-order valence-corrected chi connectivity index (χ3v) is 2.33. The Morgan fingerprint density at radius 1 is 1.19 bits per heavy atom. The van der Waals surface area contributed by atoms with Gasteiger partial charge in [-0.05, 0) is 18.6 Å². The van der Waals surface area contributed by atoms with Crippen LogP contribution < -0.4 is 11.2 Å². The lowest BCUT2D eigenvalue weighted by Crippen LogP contribution is -2.36. The molecule has 0 saturated heterocycles. The molecule has 5 heteroatoms. The van der Waals surface area contributed by atoms with Crippen molar-refractivity contribution in [3.05, 3.63) is 57.0 Å². The standard InChI is InChI=1S/C11H11N3O2/c1-8-3-4-9(12-7-8)14-6-5-10(15)13(2)11(14)16/h3-7H,1-2H3. The van der Waals surface area contributed by atoms with Crippen molar-refractivity contribution in [2.75, 3.05) is 0 Å². The highest BCUT2D eigenvalue weighted by Crippen LogP contribution is 2.01. The van der Waals surface area contributed by atoms with E-state index in [1.807, 2.05) is 13.0 Å². The summed E-state index contributed by atoms with van der Waals surface area (Å²) in [5.41, 5.74) is 0.291. The summed E-state index contributed by atoms with van der Waals surface area (Å²) in [6.07, 6.45) is 3.11. The topological polar surface area (TPSA) is 56.9 Å². The van der Waals surface area contributed by atoms with Crippen LogP contribution in [0, 0.1) is 6.92 Å². The molecule has 0 atom stereocenters. The summed E-state index contributed by atoms with van der Waals surface area (Å²) >= 11 is 0. The minimum atomic E-state index is -0.399. The first-order chi connectivity index (χ1) is 7.59. The second kappa shape index (κ2) is 3.77. The van der Waals surface area contributed by atoms with Gasteiger partial charge in [0, 0.05) is 25.5 Å². The van der Waals surface area contributed by atoms with Crippen LogP contribution in [0.1, 0.15) is 5.56 Å². The Labute approximate surface area is 91.6 Å². The number of aryl methyl sites for hydroxylation is 1. The molecule has 0 spiro atoms.